The second-order valence-corrected chi connectivity index (χ2v) is 9.05. The smallest absolute Gasteiger partial charge is 0.357 e. The van der Waals surface area contributed by atoms with Gasteiger partial charge in [-0.15, -0.1) is 0 Å². The Labute approximate surface area is 201 Å². The van der Waals surface area contributed by atoms with Crippen LogP contribution in [0.3, 0.4) is 0 Å². The standard InChI is InChI=1S/C26H35N5O3/c1-4-34-26(32)22-15-21(18-5-7-20(8-6-18)31-11-13-33-14-12-31)23(24(27)17(2)3)25(30-22)29-19-9-10-28-16-19/h5-8,15,17,19,27-28H,4,9-14,16H2,1-3H3,(H,29,30). The van der Waals surface area contributed by atoms with Gasteiger partial charge >= 0.3 is 5.97 Å². The minimum absolute atomic E-state index is 0.00358. The first kappa shape index (κ1) is 24.2. The van der Waals surface area contributed by atoms with Crippen LogP contribution >= 0.6 is 0 Å². The average Bonchev–Trinajstić information content (AvgIpc) is 3.37. The van der Waals surface area contributed by atoms with E-state index < -0.39 is 5.97 Å². The van der Waals surface area contributed by atoms with E-state index in [0.717, 1.165) is 68.2 Å². The summed E-state index contributed by atoms with van der Waals surface area (Å²) >= 11 is 0. The van der Waals surface area contributed by atoms with Gasteiger partial charge in [-0.2, -0.15) is 0 Å². The van der Waals surface area contributed by atoms with E-state index in [1.165, 1.54) is 0 Å². The van der Waals surface area contributed by atoms with Gasteiger partial charge in [0.1, 0.15) is 5.82 Å². The molecule has 0 radical (unpaired) electrons. The summed E-state index contributed by atoms with van der Waals surface area (Å²) in [6.45, 7) is 11.0. The maximum atomic E-state index is 12.7. The Bertz CT molecular complexity index is 1010. The lowest BCUT2D eigenvalue weighted by Crippen LogP contribution is -2.36. The zero-order valence-corrected chi connectivity index (χ0v) is 20.3. The van der Waals surface area contributed by atoms with E-state index in [2.05, 4.69) is 44.8 Å². The van der Waals surface area contributed by atoms with E-state index in [0.29, 0.717) is 11.5 Å². The first-order valence-corrected chi connectivity index (χ1v) is 12.2. The minimum Gasteiger partial charge on any atom is -0.461 e. The number of benzene rings is 1. The van der Waals surface area contributed by atoms with Gasteiger partial charge < -0.3 is 30.4 Å². The van der Waals surface area contributed by atoms with Gasteiger partial charge in [-0.1, -0.05) is 26.0 Å². The molecule has 2 aromatic rings. The van der Waals surface area contributed by atoms with Gasteiger partial charge in [0.2, 0.25) is 0 Å². The molecule has 3 N–H and O–H groups in total. The van der Waals surface area contributed by atoms with Gasteiger partial charge in [-0.3, -0.25) is 0 Å². The fraction of sp³-hybridized carbons (Fsp3) is 0.500. The van der Waals surface area contributed by atoms with Crippen LogP contribution in [0.25, 0.3) is 11.1 Å². The lowest BCUT2D eigenvalue weighted by Gasteiger charge is -2.29. The van der Waals surface area contributed by atoms with E-state index in [-0.39, 0.29) is 24.3 Å². The second kappa shape index (κ2) is 11.0. The summed E-state index contributed by atoms with van der Waals surface area (Å²) in [4.78, 5) is 19.7. The van der Waals surface area contributed by atoms with Crippen molar-refractivity contribution in [1.82, 2.24) is 10.3 Å². The number of aromatic nitrogens is 1. The Balaban J connectivity index is 1.79. The molecule has 8 heteroatoms. The highest BCUT2D eigenvalue weighted by Gasteiger charge is 2.25. The molecule has 2 aliphatic rings. The number of pyridine rings is 1. The number of carbonyl (C=O) groups excluding carboxylic acids is 1. The van der Waals surface area contributed by atoms with Crippen molar-refractivity contribution in [3.05, 3.63) is 41.6 Å². The Morgan fingerprint density at radius 2 is 2.03 bits per heavy atom. The molecule has 0 bridgehead atoms. The number of ether oxygens (including phenoxy) is 2. The van der Waals surface area contributed by atoms with Crippen LogP contribution in [0.4, 0.5) is 11.5 Å². The molecule has 4 rings (SSSR count). The fourth-order valence-electron chi connectivity index (χ4n) is 4.39. The molecule has 1 aromatic carbocycles. The van der Waals surface area contributed by atoms with Gasteiger partial charge in [0.15, 0.2) is 5.69 Å². The highest BCUT2D eigenvalue weighted by molar-refractivity contribution is 6.10. The van der Waals surface area contributed by atoms with Crippen molar-refractivity contribution in [2.45, 2.75) is 33.2 Å². The summed E-state index contributed by atoms with van der Waals surface area (Å²) in [6, 6.07) is 10.3. The number of hydrogen-bond acceptors (Lipinski definition) is 8. The second-order valence-electron chi connectivity index (χ2n) is 9.05. The van der Waals surface area contributed by atoms with Crippen molar-refractivity contribution in [2.24, 2.45) is 5.92 Å². The van der Waals surface area contributed by atoms with Crippen molar-refractivity contribution in [3.63, 3.8) is 0 Å². The van der Waals surface area contributed by atoms with Crippen LogP contribution in [0.15, 0.2) is 30.3 Å². The maximum absolute atomic E-state index is 12.7. The molecule has 2 aliphatic heterocycles. The molecule has 1 unspecified atom stereocenters. The minimum atomic E-state index is -0.455. The topological polar surface area (TPSA) is 99.6 Å². The highest BCUT2D eigenvalue weighted by atomic mass is 16.5. The van der Waals surface area contributed by atoms with E-state index in [9.17, 15) is 4.79 Å². The van der Waals surface area contributed by atoms with Crippen LogP contribution in [0.1, 0.15) is 43.2 Å². The number of carbonyl (C=O) groups is 1. The molecule has 34 heavy (non-hydrogen) atoms. The summed E-state index contributed by atoms with van der Waals surface area (Å²) in [5.74, 6) is 0.123. The molecule has 0 amide bonds. The number of rotatable bonds is 8. The zero-order valence-electron chi connectivity index (χ0n) is 20.3. The van der Waals surface area contributed by atoms with Gasteiger partial charge in [0.05, 0.1) is 19.8 Å². The van der Waals surface area contributed by atoms with Crippen molar-refractivity contribution in [3.8, 4) is 11.1 Å². The number of anilines is 2. The molecule has 3 heterocycles. The van der Waals surface area contributed by atoms with E-state index in [4.69, 9.17) is 14.9 Å². The largest absolute Gasteiger partial charge is 0.461 e. The Morgan fingerprint density at radius 1 is 1.29 bits per heavy atom. The summed E-state index contributed by atoms with van der Waals surface area (Å²) in [6.07, 6.45) is 0.962. The summed E-state index contributed by atoms with van der Waals surface area (Å²) < 4.78 is 10.8. The number of hydrogen-bond donors (Lipinski definition) is 3. The quantitative estimate of drug-likeness (QED) is 0.405. The lowest BCUT2D eigenvalue weighted by molar-refractivity contribution is 0.0519. The van der Waals surface area contributed by atoms with E-state index in [1.54, 1.807) is 13.0 Å². The third-order valence-electron chi connectivity index (χ3n) is 6.31. The van der Waals surface area contributed by atoms with Gasteiger partial charge in [-0.05, 0) is 55.1 Å². The Hall–Kier alpha value is -2.97. The van der Waals surface area contributed by atoms with Crippen LogP contribution < -0.4 is 15.5 Å². The molecule has 0 aliphatic carbocycles. The SMILES string of the molecule is CCOC(=O)c1cc(-c2ccc(N3CCOCC3)cc2)c(C(=N)C(C)C)c(NC2CCNC2)n1. The molecular weight excluding hydrogens is 430 g/mol. The molecular formula is C26H35N5O3. The first-order chi connectivity index (χ1) is 16.5. The average molecular weight is 466 g/mol. The van der Waals surface area contributed by atoms with Crippen molar-refractivity contribution in [2.75, 3.05) is 56.2 Å². The predicted molar refractivity (Wildman–Crippen MR) is 135 cm³/mol. The summed E-state index contributed by atoms with van der Waals surface area (Å²) in [5, 5.41) is 15.8. The van der Waals surface area contributed by atoms with Crippen molar-refractivity contribution >= 4 is 23.2 Å². The van der Waals surface area contributed by atoms with Crippen LogP contribution in [0.2, 0.25) is 0 Å². The summed E-state index contributed by atoms with van der Waals surface area (Å²) in [7, 11) is 0. The number of nitrogens with zero attached hydrogens (tertiary/aromatic N) is 2. The van der Waals surface area contributed by atoms with E-state index in [1.807, 2.05) is 13.8 Å². The molecule has 0 saturated carbocycles. The highest BCUT2D eigenvalue weighted by Crippen LogP contribution is 2.33. The van der Waals surface area contributed by atoms with Crippen LogP contribution in [0, 0.1) is 11.3 Å². The molecule has 182 valence electrons. The first-order valence-electron chi connectivity index (χ1n) is 12.2. The van der Waals surface area contributed by atoms with Crippen molar-refractivity contribution < 1.29 is 14.3 Å². The normalized spacial score (nSPS) is 18.2. The Morgan fingerprint density at radius 3 is 2.65 bits per heavy atom. The number of esters is 1. The van der Waals surface area contributed by atoms with Gasteiger partial charge in [-0.25, -0.2) is 9.78 Å². The third kappa shape index (κ3) is 5.39. The maximum Gasteiger partial charge on any atom is 0.357 e. The van der Waals surface area contributed by atoms with Crippen LogP contribution in [-0.4, -0.2) is 68.7 Å². The molecule has 1 atom stereocenters. The van der Waals surface area contributed by atoms with Crippen LogP contribution in [-0.2, 0) is 9.47 Å². The Kier molecular flexibility index (Phi) is 7.80. The molecule has 1 aromatic heterocycles. The van der Waals surface area contributed by atoms with Gasteiger partial charge in [0, 0.05) is 42.6 Å². The van der Waals surface area contributed by atoms with Crippen LogP contribution in [0.5, 0.6) is 0 Å². The zero-order chi connectivity index (χ0) is 24.1. The fourth-order valence-corrected chi connectivity index (χ4v) is 4.39. The molecule has 2 saturated heterocycles. The predicted octanol–water partition coefficient (Wildman–Crippen LogP) is 3.56. The lowest BCUT2D eigenvalue weighted by atomic mass is 9.91. The number of nitrogens with one attached hydrogen (secondary N) is 3. The summed E-state index contributed by atoms with van der Waals surface area (Å²) in [5.41, 5.74) is 4.39. The van der Waals surface area contributed by atoms with Gasteiger partial charge in [0.25, 0.3) is 0 Å². The van der Waals surface area contributed by atoms with E-state index >= 15 is 0 Å². The third-order valence-corrected chi connectivity index (χ3v) is 6.31. The number of morpholine rings is 1. The molecule has 2 fully saturated rings. The monoisotopic (exact) mass is 465 g/mol. The molecule has 8 nitrogen and oxygen atoms in total. The molecule has 0 spiro atoms. The van der Waals surface area contributed by atoms with Crippen molar-refractivity contribution in [1.29, 1.82) is 5.41 Å².